The Labute approximate surface area is 116 Å². The first kappa shape index (κ1) is 12.9. The molecule has 0 bridgehead atoms. The van der Waals surface area contributed by atoms with Crippen LogP contribution in [0.5, 0.6) is 0 Å². The number of ether oxygens (including phenoxy) is 1. The zero-order valence-electron chi connectivity index (χ0n) is 10.1. The molecule has 0 saturated carbocycles. The summed E-state index contributed by atoms with van der Waals surface area (Å²) in [6, 6.07) is 6.88. The zero-order chi connectivity index (χ0) is 13.5. The van der Waals surface area contributed by atoms with Crippen LogP contribution in [0.1, 0.15) is 5.56 Å². The SMILES string of the molecule is O=S1(=O)N=C(N2CCOC(CCl)C2)c2ccccc21. The fraction of sp³-hybridized carbons (Fsp3) is 0.417. The third-order valence-electron chi connectivity index (χ3n) is 3.22. The van der Waals surface area contributed by atoms with E-state index < -0.39 is 10.0 Å². The van der Waals surface area contributed by atoms with Crippen LogP contribution in [-0.2, 0) is 14.8 Å². The van der Waals surface area contributed by atoms with Crippen molar-refractivity contribution < 1.29 is 13.2 Å². The number of sulfonamides is 1. The van der Waals surface area contributed by atoms with Crippen molar-refractivity contribution in [2.45, 2.75) is 11.0 Å². The molecule has 0 radical (unpaired) electrons. The largest absolute Gasteiger partial charge is 0.373 e. The Kier molecular flexibility index (Phi) is 3.24. The highest BCUT2D eigenvalue weighted by atomic mass is 35.5. The van der Waals surface area contributed by atoms with E-state index >= 15 is 0 Å². The van der Waals surface area contributed by atoms with Crippen LogP contribution in [0.3, 0.4) is 0 Å². The predicted molar refractivity (Wildman–Crippen MR) is 72.2 cm³/mol. The van der Waals surface area contributed by atoms with Crippen molar-refractivity contribution in [3.8, 4) is 0 Å². The minimum Gasteiger partial charge on any atom is -0.373 e. The first-order valence-electron chi connectivity index (χ1n) is 5.99. The summed E-state index contributed by atoms with van der Waals surface area (Å²) in [6.07, 6.45) is -0.0893. The van der Waals surface area contributed by atoms with Gasteiger partial charge in [-0.15, -0.1) is 16.0 Å². The van der Waals surface area contributed by atoms with E-state index in [2.05, 4.69) is 4.40 Å². The minimum atomic E-state index is -3.56. The molecule has 1 atom stereocenters. The molecule has 19 heavy (non-hydrogen) atoms. The van der Waals surface area contributed by atoms with Gasteiger partial charge in [-0.25, -0.2) is 0 Å². The van der Waals surface area contributed by atoms with Crippen LogP contribution in [-0.4, -0.2) is 50.8 Å². The number of hydrogen-bond donors (Lipinski definition) is 0. The normalized spacial score (nSPS) is 25.0. The maximum atomic E-state index is 12.0. The number of fused-ring (bicyclic) bond motifs is 1. The molecule has 7 heteroatoms. The summed E-state index contributed by atoms with van der Waals surface area (Å²) >= 11 is 5.80. The van der Waals surface area contributed by atoms with Gasteiger partial charge < -0.3 is 9.64 Å². The molecule has 102 valence electrons. The molecule has 1 fully saturated rings. The maximum absolute atomic E-state index is 12.0. The fourth-order valence-electron chi connectivity index (χ4n) is 2.32. The van der Waals surface area contributed by atoms with Gasteiger partial charge in [0.2, 0.25) is 0 Å². The van der Waals surface area contributed by atoms with E-state index in [0.717, 1.165) is 0 Å². The van der Waals surface area contributed by atoms with E-state index in [1.54, 1.807) is 18.2 Å². The number of benzene rings is 1. The molecular weight excluding hydrogens is 288 g/mol. The van der Waals surface area contributed by atoms with Crippen LogP contribution < -0.4 is 0 Å². The number of rotatable bonds is 1. The lowest BCUT2D eigenvalue weighted by molar-refractivity contribution is 0.00807. The van der Waals surface area contributed by atoms with E-state index in [-0.39, 0.29) is 11.0 Å². The molecule has 1 aromatic rings. The van der Waals surface area contributed by atoms with Gasteiger partial charge in [-0.1, -0.05) is 12.1 Å². The van der Waals surface area contributed by atoms with E-state index in [9.17, 15) is 8.42 Å². The average molecular weight is 301 g/mol. The summed E-state index contributed by atoms with van der Waals surface area (Å²) in [4.78, 5) is 2.21. The Morgan fingerprint density at radius 3 is 3.00 bits per heavy atom. The van der Waals surface area contributed by atoms with Crippen molar-refractivity contribution >= 4 is 27.5 Å². The average Bonchev–Trinajstić information content (AvgIpc) is 2.72. The smallest absolute Gasteiger partial charge is 0.285 e. The number of nitrogens with zero attached hydrogens (tertiary/aromatic N) is 2. The molecule has 0 N–H and O–H groups in total. The van der Waals surface area contributed by atoms with Crippen LogP contribution in [0.25, 0.3) is 0 Å². The second-order valence-corrected chi connectivity index (χ2v) is 6.36. The molecule has 0 spiro atoms. The third-order valence-corrected chi connectivity index (χ3v) is 4.89. The van der Waals surface area contributed by atoms with Gasteiger partial charge >= 0.3 is 0 Å². The number of morpholine rings is 1. The van der Waals surface area contributed by atoms with Crippen molar-refractivity contribution in [1.82, 2.24) is 4.90 Å². The van der Waals surface area contributed by atoms with Crippen molar-refractivity contribution in [3.63, 3.8) is 0 Å². The number of halogens is 1. The summed E-state index contributed by atoms with van der Waals surface area (Å²) in [5.74, 6) is 0.895. The Balaban J connectivity index is 1.98. The summed E-state index contributed by atoms with van der Waals surface area (Å²) in [7, 11) is -3.56. The van der Waals surface area contributed by atoms with Gasteiger partial charge in [0.05, 0.1) is 18.6 Å². The quantitative estimate of drug-likeness (QED) is 0.728. The van der Waals surface area contributed by atoms with E-state index in [4.69, 9.17) is 16.3 Å². The van der Waals surface area contributed by atoms with Crippen LogP contribution >= 0.6 is 11.6 Å². The van der Waals surface area contributed by atoms with Gasteiger partial charge in [0.25, 0.3) is 10.0 Å². The van der Waals surface area contributed by atoms with E-state index in [1.165, 1.54) is 0 Å². The standard InChI is InChI=1S/C12H13ClN2O3S/c13-7-9-8-15(5-6-18-9)12-10-3-1-2-4-11(10)19(16,17)14-12/h1-4,9H,5-8H2. The third kappa shape index (κ3) is 2.24. The molecule has 0 aromatic heterocycles. The molecule has 0 amide bonds. The van der Waals surface area contributed by atoms with Crippen LogP contribution in [0.15, 0.2) is 33.6 Å². The van der Waals surface area contributed by atoms with Crippen LogP contribution in [0, 0.1) is 0 Å². The topological polar surface area (TPSA) is 59.0 Å². The molecular formula is C12H13ClN2O3S. The van der Waals surface area contributed by atoms with Gasteiger partial charge in [0, 0.05) is 18.7 Å². The number of alkyl halides is 1. The van der Waals surface area contributed by atoms with Crippen molar-refractivity contribution in [1.29, 1.82) is 0 Å². The van der Waals surface area contributed by atoms with Crippen molar-refractivity contribution in [3.05, 3.63) is 29.8 Å². The van der Waals surface area contributed by atoms with Gasteiger partial charge in [-0.3, -0.25) is 0 Å². The highest BCUT2D eigenvalue weighted by molar-refractivity contribution is 7.90. The predicted octanol–water partition coefficient (Wildman–Crippen LogP) is 1.08. The summed E-state index contributed by atoms with van der Waals surface area (Å²) < 4.78 is 33.3. The summed E-state index contributed by atoms with van der Waals surface area (Å²) in [5.41, 5.74) is 0.665. The maximum Gasteiger partial charge on any atom is 0.285 e. The molecule has 3 rings (SSSR count). The Morgan fingerprint density at radius 2 is 2.21 bits per heavy atom. The Morgan fingerprint density at radius 1 is 1.42 bits per heavy atom. The second-order valence-electron chi connectivity index (χ2n) is 4.48. The molecule has 0 aliphatic carbocycles. The molecule has 5 nitrogen and oxygen atoms in total. The Bertz CT molecular complexity index is 630. The lowest BCUT2D eigenvalue weighted by Crippen LogP contribution is -2.46. The first-order valence-corrected chi connectivity index (χ1v) is 7.96. The highest BCUT2D eigenvalue weighted by Gasteiger charge is 2.33. The lowest BCUT2D eigenvalue weighted by Gasteiger charge is -2.33. The van der Waals surface area contributed by atoms with Crippen LogP contribution in [0.2, 0.25) is 0 Å². The first-order chi connectivity index (χ1) is 9.12. The lowest BCUT2D eigenvalue weighted by atomic mass is 10.1. The molecule has 1 saturated heterocycles. The van der Waals surface area contributed by atoms with Gasteiger partial charge in [0.15, 0.2) is 5.84 Å². The van der Waals surface area contributed by atoms with Crippen LogP contribution in [0.4, 0.5) is 0 Å². The highest BCUT2D eigenvalue weighted by Crippen LogP contribution is 2.28. The second kappa shape index (κ2) is 4.77. The van der Waals surface area contributed by atoms with Gasteiger partial charge in [0.1, 0.15) is 4.90 Å². The summed E-state index contributed by atoms with van der Waals surface area (Å²) in [5, 5.41) is 0. The zero-order valence-corrected chi connectivity index (χ0v) is 11.7. The number of hydrogen-bond acceptors (Lipinski definition) is 4. The van der Waals surface area contributed by atoms with Gasteiger partial charge in [-0.2, -0.15) is 8.42 Å². The molecule has 2 heterocycles. The summed E-state index contributed by atoms with van der Waals surface area (Å²) in [6.45, 7) is 1.71. The van der Waals surface area contributed by atoms with Gasteiger partial charge in [-0.05, 0) is 12.1 Å². The van der Waals surface area contributed by atoms with Crippen molar-refractivity contribution in [2.24, 2.45) is 4.40 Å². The monoisotopic (exact) mass is 300 g/mol. The molecule has 2 aliphatic rings. The molecule has 1 aromatic carbocycles. The number of amidine groups is 1. The minimum absolute atomic E-state index is 0.0893. The molecule has 2 aliphatic heterocycles. The Hall–Kier alpha value is -1.11. The molecule has 1 unspecified atom stereocenters. The fourth-order valence-corrected chi connectivity index (χ4v) is 3.74. The van der Waals surface area contributed by atoms with Crippen molar-refractivity contribution in [2.75, 3.05) is 25.6 Å². The van der Waals surface area contributed by atoms with E-state index in [1.807, 2.05) is 11.0 Å². The van der Waals surface area contributed by atoms with E-state index in [0.29, 0.717) is 37.0 Å².